The van der Waals surface area contributed by atoms with Gasteiger partial charge in [0, 0.05) is 6.08 Å². The molecule has 1 N–H and O–H groups in total. The number of rotatable bonds is 4. The molecule has 0 fully saturated rings. The molecule has 0 rings (SSSR count). The standard InChI is InChI=1S/C8H14O2/c1-3-4-7(2)5-6-8(9)10/h5-7H,3-4H2,1-2H3,(H,9,10). The molecule has 0 spiro atoms. The second-order valence-electron chi connectivity index (χ2n) is 2.46. The summed E-state index contributed by atoms with van der Waals surface area (Å²) < 4.78 is 0. The Balaban J connectivity index is 3.55. The molecule has 1 unspecified atom stereocenters. The van der Waals surface area contributed by atoms with Crippen LogP contribution in [0.15, 0.2) is 12.2 Å². The lowest BCUT2D eigenvalue weighted by Gasteiger charge is -2.00. The van der Waals surface area contributed by atoms with E-state index in [1.54, 1.807) is 6.08 Å². The largest absolute Gasteiger partial charge is 0.478 e. The molecular formula is C8H14O2. The van der Waals surface area contributed by atoms with Crippen LogP contribution in [-0.2, 0) is 4.79 Å². The van der Waals surface area contributed by atoms with Crippen LogP contribution >= 0.6 is 0 Å². The van der Waals surface area contributed by atoms with Crippen molar-refractivity contribution >= 4 is 5.97 Å². The summed E-state index contributed by atoms with van der Waals surface area (Å²) in [5, 5.41) is 8.24. The van der Waals surface area contributed by atoms with Crippen molar-refractivity contribution in [2.24, 2.45) is 5.92 Å². The fourth-order valence-corrected chi connectivity index (χ4v) is 0.798. The maximum atomic E-state index is 10.0. The molecule has 0 saturated heterocycles. The maximum absolute atomic E-state index is 10.0. The molecule has 2 nitrogen and oxygen atoms in total. The average molecular weight is 142 g/mol. The molecule has 0 aromatic heterocycles. The van der Waals surface area contributed by atoms with Gasteiger partial charge in [0.2, 0.25) is 0 Å². The number of aliphatic carboxylic acids is 1. The fourth-order valence-electron chi connectivity index (χ4n) is 0.798. The van der Waals surface area contributed by atoms with Crippen molar-refractivity contribution in [2.75, 3.05) is 0 Å². The maximum Gasteiger partial charge on any atom is 0.327 e. The van der Waals surface area contributed by atoms with Gasteiger partial charge in [0.25, 0.3) is 0 Å². The predicted molar refractivity (Wildman–Crippen MR) is 40.8 cm³/mol. The number of carboxylic acid groups (broad SMARTS) is 1. The molecule has 0 aliphatic heterocycles. The lowest BCUT2D eigenvalue weighted by atomic mass is 10.1. The van der Waals surface area contributed by atoms with Crippen molar-refractivity contribution < 1.29 is 9.90 Å². The summed E-state index contributed by atoms with van der Waals surface area (Å²) in [7, 11) is 0. The van der Waals surface area contributed by atoms with Crippen LogP contribution < -0.4 is 0 Å². The minimum Gasteiger partial charge on any atom is -0.478 e. The minimum absolute atomic E-state index is 0.390. The third kappa shape index (κ3) is 5.35. The van der Waals surface area contributed by atoms with E-state index in [0.29, 0.717) is 5.92 Å². The van der Waals surface area contributed by atoms with Gasteiger partial charge in [-0.25, -0.2) is 4.79 Å². The molecule has 10 heavy (non-hydrogen) atoms. The van der Waals surface area contributed by atoms with Gasteiger partial charge in [0.15, 0.2) is 0 Å². The minimum atomic E-state index is -0.858. The van der Waals surface area contributed by atoms with E-state index in [4.69, 9.17) is 5.11 Å². The van der Waals surface area contributed by atoms with Crippen molar-refractivity contribution in [3.05, 3.63) is 12.2 Å². The molecule has 0 aromatic rings. The molecule has 1 atom stereocenters. The van der Waals surface area contributed by atoms with Gasteiger partial charge in [-0.1, -0.05) is 26.3 Å². The molecule has 0 aliphatic carbocycles. The number of carbonyl (C=O) groups is 1. The highest BCUT2D eigenvalue weighted by molar-refractivity contribution is 5.79. The molecule has 2 heteroatoms. The zero-order valence-corrected chi connectivity index (χ0v) is 6.50. The van der Waals surface area contributed by atoms with E-state index in [9.17, 15) is 4.79 Å². The van der Waals surface area contributed by atoms with Gasteiger partial charge < -0.3 is 5.11 Å². The van der Waals surface area contributed by atoms with E-state index in [0.717, 1.165) is 12.8 Å². The van der Waals surface area contributed by atoms with Crippen molar-refractivity contribution in [3.63, 3.8) is 0 Å². The van der Waals surface area contributed by atoms with E-state index < -0.39 is 5.97 Å². The quantitative estimate of drug-likeness (QED) is 0.610. The fraction of sp³-hybridized carbons (Fsp3) is 0.625. The van der Waals surface area contributed by atoms with Gasteiger partial charge in [0.1, 0.15) is 0 Å². The van der Waals surface area contributed by atoms with Gasteiger partial charge in [-0.3, -0.25) is 0 Å². The van der Waals surface area contributed by atoms with E-state index in [2.05, 4.69) is 6.92 Å². The summed E-state index contributed by atoms with van der Waals surface area (Å²) in [6.45, 7) is 4.11. The average Bonchev–Trinajstić information content (AvgIpc) is 1.85. The second kappa shape index (κ2) is 5.03. The van der Waals surface area contributed by atoms with Crippen LogP contribution in [0.5, 0.6) is 0 Å². The normalized spacial score (nSPS) is 13.8. The Labute approximate surface area is 61.6 Å². The molecule has 0 radical (unpaired) electrons. The monoisotopic (exact) mass is 142 g/mol. The molecule has 0 aliphatic rings. The van der Waals surface area contributed by atoms with Crippen molar-refractivity contribution in [2.45, 2.75) is 26.7 Å². The number of carboxylic acids is 1. The Bertz CT molecular complexity index is 127. The Hall–Kier alpha value is -0.790. The van der Waals surface area contributed by atoms with E-state index in [1.165, 1.54) is 6.08 Å². The first-order chi connectivity index (χ1) is 4.66. The zero-order valence-electron chi connectivity index (χ0n) is 6.50. The van der Waals surface area contributed by atoms with Crippen molar-refractivity contribution in [1.29, 1.82) is 0 Å². The van der Waals surface area contributed by atoms with Crippen molar-refractivity contribution in [3.8, 4) is 0 Å². The lowest BCUT2D eigenvalue weighted by Crippen LogP contribution is -1.91. The first kappa shape index (κ1) is 9.21. The molecule has 0 saturated carbocycles. The number of allylic oxidation sites excluding steroid dienone is 1. The van der Waals surface area contributed by atoms with Gasteiger partial charge in [0.05, 0.1) is 0 Å². The first-order valence-corrected chi connectivity index (χ1v) is 3.58. The SMILES string of the molecule is CCCC(C)C=CC(=O)O. The molecule has 0 bridgehead atoms. The smallest absolute Gasteiger partial charge is 0.327 e. The molecule has 0 heterocycles. The Morgan fingerprint density at radius 2 is 2.30 bits per heavy atom. The molecule has 0 amide bonds. The van der Waals surface area contributed by atoms with Gasteiger partial charge in [-0.05, 0) is 12.3 Å². The number of hydrogen-bond acceptors (Lipinski definition) is 1. The zero-order chi connectivity index (χ0) is 7.98. The summed E-state index contributed by atoms with van der Waals surface area (Å²) in [6, 6.07) is 0. The molecule has 0 aromatic carbocycles. The summed E-state index contributed by atoms with van der Waals surface area (Å²) >= 11 is 0. The van der Waals surface area contributed by atoms with Crippen LogP contribution in [0.25, 0.3) is 0 Å². The van der Waals surface area contributed by atoms with Crippen LogP contribution in [0.1, 0.15) is 26.7 Å². The second-order valence-corrected chi connectivity index (χ2v) is 2.46. The Morgan fingerprint density at radius 1 is 1.70 bits per heavy atom. The topological polar surface area (TPSA) is 37.3 Å². The lowest BCUT2D eigenvalue weighted by molar-refractivity contribution is -0.131. The summed E-state index contributed by atoms with van der Waals surface area (Å²) in [4.78, 5) is 10.0. The highest BCUT2D eigenvalue weighted by atomic mass is 16.4. The van der Waals surface area contributed by atoms with Crippen molar-refractivity contribution in [1.82, 2.24) is 0 Å². The van der Waals surface area contributed by atoms with E-state index >= 15 is 0 Å². The van der Waals surface area contributed by atoms with Crippen LogP contribution in [0.4, 0.5) is 0 Å². The summed E-state index contributed by atoms with van der Waals surface area (Å²) in [5.41, 5.74) is 0. The van der Waals surface area contributed by atoms with E-state index in [1.807, 2.05) is 6.92 Å². The van der Waals surface area contributed by atoms with Gasteiger partial charge in [-0.15, -0.1) is 0 Å². The number of hydrogen-bond donors (Lipinski definition) is 1. The highest BCUT2D eigenvalue weighted by Gasteiger charge is 1.94. The third-order valence-electron chi connectivity index (χ3n) is 1.31. The van der Waals surface area contributed by atoms with Crippen LogP contribution in [-0.4, -0.2) is 11.1 Å². The predicted octanol–water partition coefficient (Wildman–Crippen LogP) is 2.06. The van der Waals surface area contributed by atoms with Crippen LogP contribution in [0.2, 0.25) is 0 Å². The summed E-state index contributed by atoms with van der Waals surface area (Å²) in [5.74, 6) is -0.468. The van der Waals surface area contributed by atoms with Gasteiger partial charge >= 0.3 is 5.97 Å². The highest BCUT2D eigenvalue weighted by Crippen LogP contribution is 2.05. The van der Waals surface area contributed by atoms with Crippen LogP contribution in [0.3, 0.4) is 0 Å². The Morgan fingerprint density at radius 3 is 2.70 bits per heavy atom. The third-order valence-corrected chi connectivity index (χ3v) is 1.31. The molecular weight excluding hydrogens is 128 g/mol. The van der Waals surface area contributed by atoms with Gasteiger partial charge in [-0.2, -0.15) is 0 Å². The van der Waals surface area contributed by atoms with E-state index in [-0.39, 0.29) is 0 Å². The van der Waals surface area contributed by atoms with Crippen LogP contribution in [0, 0.1) is 5.92 Å². The first-order valence-electron chi connectivity index (χ1n) is 3.58. The Kier molecular flexibility index (Phi) is 4.63. The summed E-state index contributed by atoms with van der Waals surface area (Å²) in [6.07, 6.45) is 5.10. The molecule has 58 valence electrons.